The van der Waals surface area contributed by atoms with Gasteiger partial charge in [0.2, 0.25) is 0 Å². The summed E-state index contributed by atoms with van der Waals surface area (Å²) in [6, 6.07) is 12.4. The van der Waals surface area contributed by atoms with Gasteiger partial charge in [-0.25, -0.2) is 4.98 Å². The van der Waals surface area contributed by atoms with E-state index in [-0.39, 0.29) is 10.6 Å². The summed E-state index contributed by atoms with van der Waals surface area (Å²) in [4.78, 5) is 29.6. The molecule has 172 valence electrons. The molecule has 0 spiro atoms. The maximum absolute atomic E-state index is 13.7. The lowest BCUT2D eigenvalue weighted by atomic mass is 10.1. The van der Waals surface area contributed by atoms with Crippen molar-refractivity contribution < 1.29 is 27.5 Å². The zero-order valence-electron chi connectivity index (χ0n) is 17.5. The molecular weight excluding hydrogens is 455 g/mol. The highest BCUT2D eigenvalue weighted by Gasteiger charge is 2.35. The van der Waals surface area contributed by atoms with Crippen LogP contribution >= 0.6 is 11.3 Å². The molecule has 1 saturated heterocycles. The van der Waals surface area contributed by atoms with Crippen LogP contribution in [0.2, 0.25) is 0 Å². The van der Waals surface area contributed by atoms with E-state index in [0.717, 1.165) is 35.5 Å². The van der Waals surface area contributed by atoms with Gasteiger partial charge >= 0.3 is 6.18 Å². The molecule has 1 aromatic heterocycles. The predicted molar refractivity (Wildman–Crippen MR) is 119 cm³/mol. The average molecular weight is 475 g/mol. The van der Waals surface area contributed by atoms with Crippen LogP contribution < -0.4 is 10.6 Å². The molecule has 0 aliphatic carbocycles. The lowest BCUT2D eigenvalue weighted by Crippen LogP contribution is -2.27. The zero-order valence-corrected chi connectivity index (χ0v) is 18.3. The van der Waals surface area contributed by atoms with E-state index in [0.29, 0.717) is 23.7 Å². The third-order valence-electron chi connectivity index (χ3n) is 5.09. The number of aryl methyl sites for hydroxylation is 1. The Bertz CT molecular complexity index is 1170. The highest BCUT2D eigenvalue weighted by atomic mass is 32.1. The molecule has 2 amide bonds. The number of aromatic nitrogens is 1. The van der Waals surface area contributed by atoms with E-state index in [1.807, 2.05) is 30.3 Å². The van der Waals surface area contributed by atoms with Crippen molar-refractivity contribution in [3.63, 3.8) is 0 Å². The maximum atomic E-state index is 13.7. The van der Waals surface area contributed by atoms with Crippen molar-refractivity contribution in [2.75, 3.05) is 17.2 Å². The Hall–Kier alpha value is -3.24. The summed E-state index contributed by atoms with van der Waals surface area (Å²) in [5, 5.41) is 5.40. The molecule has 1 atom stereocenters. The van der Waals surface area contributed by atoms with E-state index >= 15 is 0 Å². The Kier molecular flexibility index (Phi) is 6.48. The third-order valence-corrected chi connectivity index (χ3v) is 6.29. The molecule has 1 aliphatic heterocycles. The monoisotopic (exact) mass is 475 g/mol. The normalized spacial score (nSPS) is 15.9. The van der Waals surface area contributed by atoms with E-state index in [1.165, 1.54) is 6.07 Å². The van der Waals surface area contributed by atoms with E-state index < -0.39 is 35.3 Å². The third kappa shape index (κ3) is 5.23. The zero-order chi connectivity index (χ0) is 23.6. The van der Waals surface area contributed by atoms with Crippen molar-refractivity contribution in [3.05, 3.63) is 64.7 Å². The van der Waals surface area contributed by atoms with Crippen LogP contribution in [0.3, 0.4) is 0 Å². The fraction of sp³-hybridized carbons (Fsp3) is 0.261. The Morgan fingerprint density at radius 1 is 1.12 bits per heavy atom. The summed E-state index contributed by atoms with van der Waals surface area (Å²) in [6.45, 7) is 2.08. The van der Waals surface area contributed by atoms with Gasteiger partial charge in [0.15, 0.2) is 0 Å². The van der Waals surface area contributed by atoms with Gasteiger partial charge in [0.1, 0.15) is 16.0 Å². The largest absolute Gasteiger partial charge is 0.418 e. The van der Waals surface area contributed by atoms with E-state index in [2.05, 4.69) is 15.6 Å². The number of halogens is 3. The quantitative estimate of drug-likeness (QED) is 0.510. The summed E-state index contributed by atoms with van der Waals surface area (Å²) in [7, 11) is 0. The van der Waals surface area contributed by atoms with Gasteiger partial charge < -0.3 is 15.4 Å². The van der Waals surface area contributed by atoms with Gasteiger partial charge in [-0.05, 0) is 38.0 Å². The molecule has 2 heterocycles. The first-order chi connectivity index (χ1) is 15.7. The molecule has 6 nitrogen and oxygen atoms in total. The van der Waals surface area contributed by atoms with Gasteiger partial charge in [-0.15, -0.1) is 11.3 Å². The van der Waals surface area contributed by atoms with E-state index in [9.17, 15) is 22.8 Å². The topological polar surface area (TPSA) is 80.3 Å². The lowest BCUT2D eigenvalue weighted by molar-refractivity contribution is -0.137. The molecule has 0 radical (unpaired) electrons. The fourth-order valence-corrected chi connectivity index (χ4v) is 4.43. The Balaban J connectivity index is 1.56. The molecule has 1 aliphatic rings. The van der Waals surface area contributed by atoms with Gasteiger partial charge in [0.05, 0.1) is 16.9 Å². The van der Waals surface area contributed by atoms with Gasteiger partial charge in [-0.1, -0.05) is 30.3 Å². The summed E-state index contributed by atoms with van der Waals surface area (Å²) in [5.74, 6) is -1.18. The number of anilines is 2. The summed E-state index contributed by atoms with van der Waals surface area (Å²) < 4.78 is 46.4. The number of nitrogens with one attached hydrogen (secondary N) is 2. The number of carbonyl (C=O) groups is 2. The van der Waals surface area contributed by atoms with Crippen molar-refractivity contribution in [1.82, 2.24) is 4.98 Å². The first kappa shape index (κ1) is 22.9. The second kappa shape index (κ2) is 9.32. The molecule has 2 aromatic carbocycles. The lowest BCUT2D eigenvalue weighted by Gasteiger charge is -2.16. The number of thiazole rings is 1. The number of ether oxygens (including phenoxy) is 1. The van der Waals surface area contributed by atoms with Crippen molar-refractivity contribution >= 4 is 34.5 Å². The fourth-order valence-electron chi connectivity index (χ4n) is 3.46. The molecule has 3 aromatic rings. The van der Waals surface area contributed by atoms with Crippen LogP contribution in [0.15, 0.2) is 48.5 Å². The first-order valence-corrected chi connectivity index (χ1v) is 11.0. The number of rotatable bonds is 5. The number of amides is 2. The van der Waals surface area contributed by atoms with Gasteiger partial charge in [0.25, 0.3) is 11.8 Å². The van der Waals surface area contributed by atoms with Crippen LogP contribution in [-0.2, 0) is 15.7 Å². The first-order valence-electron chi connectivity index (χ1n) is 10.2. The number of hydrogen-bond acceptors (Lipinski definition) is 5. The Morgan fingerprint density at radius 3 is 2.55 bits per heavy atom. The number of benzene rings is 2. The molecule has 1 unspecified atom stereocenters. The molecule has 0 saturated carbocycles. The van der Waals surface area contributed by atoms with Crippen molar-refractivity contribution in [1.29, 1.82) is 0 Å². The van der Waals surface area contributed by atoms with E-state index in [4.69, 9.17) is 4.74 Å². The minimum Gasteiger partial charge on any atom is -0.368 e. The minimum atomic E-state index is -4.74. The summed E-state index contributed by atoms with van der Waals surface area (Å²) >= 11 is 1.10. The average Bonchev–Trinajstić information content (AvgIpc) is 3.45. The highest BCUT2D eigenvalue weighted by molar-refractivity contribution is 7.17. The number of hydrogen-bond donors (Lipinski definition) is 2. The SMILES string of the molecule is Cc1nc(-c2ccccc2)sc1C(=O)Nc1ccc(NC(=O)C2CCCO2)cc1C(F)(F)F. The van der Waals surface area contributed by atoms with Gasteiger partial charge in [-0.3, -0.25) is 9.59 Å². The van der Waals surface area contributed by atoms with Crippen molar-refractivity contribution in [2.24, 2.45) is 0 Å². The van der Waals surface area contributed by atoms with Gasteiger partial charge in [0, 0.05) is 17.9 Å². The van der Waals surface area contributed by atoms with E-state index in [1.54, 1.807) is 6.92 Å². The number of alkyl halides is 3. The van der Waals surface area contributed by atoms with Crippen LogP contribution in [0.25, 0.3) is 10.6 Å². The summed E-state index contributed by atoms with van der Waals surface area (Å²) in [6.07, 6.45) is -4.18. The predicted octanol–water partition coefficient (Wildman–Crippen LogP) is 5.51. The Morgan fingerprint density at radius 2 is 1.88 bits per heavy atom. The summed E-state index contributed by atoms with van der Waals surface area (Å²) in [5.41, 5.74) is -0.262. The molecule has 10 heteroatoms. The van der Waals surface area contributed by atoms with Gasteiger partial charge in [-0.2, -0.15) is 13.2 Å². The highest BCUT2D eigenvalue weighted by Crippen LogP contribution is 2.37. The molecule has 1 fully saturated rings. The standard InChI is InChI=1S/C23H20F3N3O3S/c1-13-19(33-22(27-13)14-6-3-2-4-7-14)21(31)29-17-10-9-15(12-16(17)23(24,25)26)28-20(30)18-8-5-11-32-18/h2-4,6-7,9-10,12,18H,5,8,11H2,1H3,(H,28,30)(H,29,31). The number of nitrogens with zero attached hydrogens (tertiary/aromatic N) is 1. The second-order valence-corrected chi connectivity index (χ2v) is 8.50. The van der Waals surface area contributed by atoms with Crippen LogP contribution in [-0.4, -0.2) is 29.5 Å². The minimum absolute atomic E-state index is 0.0267. The van der Waals surface area contributed by atoms with Crippen LogP contribution in [0, 0.1) is 6.92 Å². The van der Waals surface area contributed by atoms with Crippen molar-refractivity contribution in [3.8, 4) is 10.6 Å². The Labute approximate surface area is 191 Å². The van der Waals surface area contributed by atoms with Crippen molar-refractivity contribution in [2.45, 2.75) is 32.0 Å². The van der Waals surface area contributed by atoms with Crippen LogP contribution in [0.4, 0.5) is 24.5 Å². The van der Waals surface area contributed by atoms with Crippen LogP contribution in [0.5, 0.6) is 0 Å². The van der Waals surface area contributed by atoms with Crippen LogP contribution in [0.1, 0.15) is 33.8 Å². The smallest absolute Gasteiger partial charge is 0.368 e. The second-order valence-electron chi connectivity index (χ2n) is 7.50. The molecule has 4 rings (SSSR count). The molecule has 2 N–H and O–H groups in total. The number of carbonyl (C=O) groups excluding carboxylic acids is 2. The molecule has 33 heavy (non-hydrogen) atoms. The molecule has 0 bridgehead atoms. The molecular formula is C23H20F3N3O3S. The maximum Gasteiger partial charge on any atom is 0.418 e.